The van der Waals surface area contributed by atoms with Crippen LogP contribution in [0.3, 0.4) is 0 Å². The van der Waals surface area contributed by atoms with Crippen LogP contribution in [-0.4, -0.2) is 57.9 Å². The number of halogens is 1. The van der Waals surface area contributed by atoms with Crippen molar-refractivity contribution in [2.24, 2.45) is 4.99 Å². The van der Waals surface area contributed by atoms with Gasteiger partial charge in [-0.05, 0) is 68.3 Å². The Bertz CT molecular complexity index is 1700. The van der Waals surface area contributed by atoms with Crippen LogP contribution < -0.4 is 15.8 Å². The molecule has 9 heteroatoms. The third kappa shape index (κ3) is 5.49. The first-order valence-electron chi connectivity index (χ1n) is 14.2. The van der Waals surface area contributed by atoms with Crippen molar-refractivity contribution in [2.45, 2.75) is 39.8 Å². The van der Waals surface area contributed by atoms with Crippen molar-refractivity contribution in [1.29, 1.82) is 0 Å². The van der Waals surface area contributed by atoms with E-state index in [1.54, 1.807) is 10.8 Å². The van der Waals surface area contributed by atoms with Crippen molar-refractivity contribution >= 4 is 51.7 Å². The highest BCUT2D eigenvalue weighted by atomic mass is 35.5. The molecular formula is C32H34ClN7O. The Morgan fingerprint density at radius 3 is 2.44 bits per heavy atom. The number of piperazine rings is 1. The molecule has 0 aliphatic carbocycles. The molecule has 2 aliphatic heterocycles. The highest BCUT2D eigenvalue weighted by Crippen LogP contribution is 2.32. The van der Waals surface area contributed by atoms with Crippen LogP contribution in [0.1, 0.15) is 32.8 Å². The summed E-state index contributed by atoms with van der Waals surface area (Å²) in [6, 6.07) is 16.6. The Labute approximate surface area is 245 Å². The summed E-state index contributed by atoms with van der Waals surface area (Å²) in [6.07, 6.45) is 6.25. The molecule has 0 spiro atoms. The Hall–Kier alpha value is -4.01. The van der Waals surface area contributed by atoms with Crippen LogP contribution in [0.15, 0.2) is 70.7 Å². The molecule has 1 fully saturated rings. The van der Waals surface area contributed by atoms with Crippen LogP contribution in [0.25, 0.3) is 27.7 Å². The Morgan fingerprint density at radius 1 is 1.00 bits per heavy atom. The molecule has 2 aliphatic rings. The lowest BCUT2D eigenvalue weighted by Crippen LogP contribution is -2.48. The lowest BCUT2D eigenvalue weighted by molar-refractivity contribution is 0.209. The van der Waals surface area contributed by atoms with Crippen LogP contribution in [0.2, 0.25) is 5.02 Å². The average molecular weight is 568 g/mol. The molecule has 1 saturated heterocycles. The van der Waals surface area contributed by atoms with Crippen molar-refractivity contribution in [3.05, 3.63) is 81.9 Å². The maximum Gasteiger partial charge on any atom is 0.260 e. The minimum absolute atomic E-state index is 0.135. The van der Waals surface area contributed by atoms with E-state index in [2.05, 4.69) is 51.1 Å². The molecule has 210 valence electrons. The number of nitrogens with one attached hydrogen (secondary N) is 1. The number of aryl methyl sites for hydroxylation is 1. The summed E-state index contributed by atoms with van der Waals surface area (Å²) in [6.45, 7) is 11.1. The van der Waals surface area contributed by atoms with Gasteiger partial charge >= 0.3 is 0 Å². The molecule has 0 unspecified atom stereocenters. The molecular weight excluding hydrogens is 534 g/mol. The van der Waals surface area contributed by atoms with E-state index in [9.17, 15) is 4.79 Å². The Morgan fingerprint density at radius 2 is 1.78 bits per heavy atom. The van der Waals surface area contributed by atoms with Crippen LogP contribution in [-0.2, 0) is 6.54 Å². The molecule has 2 aromatic carbocycles. The summed E-state index contributed by atoms with van der Waals surface area (Å²) in [5, 5.41) is 4.61. The Kier molecular flexibility index (Phi) is 7.60. The fraction of sp³-hybridized carbons (Fsp3) is 0.312. The minimum atomic E-state index is -0.135. The summed E-state index contributed by atoms with van der Waals surface area (Å²) in [4.78, 5) is 32.0. The van der Waals surface area contributed by atoms with Crippen molar-refractivity contribution in [1.82, 2.24) is 19.4 Å². The molecule has 0 bridgehead atoms. The lowest BCUT2D eigenvalue weighted by Gasteiger charge is -2.38. The van der Waals surface area contributed by atoms with Gasteiger partial charge in [0.1, 0.15) is 5.65 Å². The average Bonchev–Trinajstić information content (AvgIpc) is 3.53. The van der Waals surface area contributed by atoms with Gasteiger partial charge in [-0.25, -0.2) is 4.98 Å². The van der Waals surface area contributed by atoms with E-state index in [0.29, 0.717) is 40.3 Å². The number of anilines is 3. The van der Waals surface area contributed by atoms with Crippen LogP contribution in [0.5, 0.6) is 0 Å². The summed E-state index contributed by atoms with van der Waals surface area (Å²) in [5.41, 5.74) is 5.89. The van der Waals surface area contributed by atoms with E-state index in [4.69, 9.17) is 16.6 Å². The van der Waals surface area contributed by atoms with Gasteiger partial charge in [0.25, 0.3) is 5.56 Å². The summed E-state index contributed by atoms with van der Waals surface area (Å²) >= 11 is 6.69. The van der Waals surface area contributed by atoms with E-state index < -0.39 is 0 Å². The molecule has 1 N–H and O–H groups in total. The number of pyridine rings is 1. The first-order chi connectivity index (χ1) is 19.9. The predicted octanol–water partition coefficient (Wildman–Crippen LogP) is 6.22. The van der Waals surface area contributed by atoms with Gasteiger partial charge in [-0.1, -0.05) is 23.7 Å². The van der Waals surface area contributed by atoms with Gasteiger partial charge in [0.2, 0.25) is 5.95 Å². The Balaban J connectivity index is 1.24. The van der Waals surface area contributed by atoms with Crippen molar-refractivity contribution < 1.29 is 0 Å². The first-order valence-corrected chi connectivity index (χ1v) is 14.6. The molecule has 8 nitrogen and oxygen atoms in total. The standard InChI is InChI=1S/C32H34ClN7O/c1-4-40-30-24(17-28(31(40)41)27-10-5-22(18-29(27)33)23-11-12-34-19-23)20-35-32(37-30)36-25-6-8-26(9-7-25)39-15-13-38(14-16-39)21(2)3/h5-10,12,17-21H,4,11,13-16H2,1-3H3,(H,35,36,37). The van der Waals surface area contributed by atoms with Gasteiger partial charge in [0, 0.05) is 96.7 Å². The third-order valence-corrected chi connectivity index (χ3v) is 8.27. The molecule has 0 radical (unpaired) electrons. The van der Waals surface area contributed by atoms with Crippen LogP contribution in [0, 0.1) is 0 Å². The molecule has 4 aromatic rings. The summed E-state index contributed by atoms with van der Waals surface area (Å²) in [5.74, 6) is 0.444. The number of aliphatic imine (C=N–C) groups is 1. The van der Waals surface area contributed by atoms with E-state index in [0.717, 1.165) is 54.8 Å². The van der Waals surface area contributed by atoms with E-state index in [-0.39, 0.29) is 5.56 Å². The lowest BCUT2D eigenvalue weighted by atomic mass is 10.00. The SMILES string of the molecule is CCn1c(=O)c(-c2ccc(C3=CN=CC3)cc2Cl)cc2cnc(Nc3ccc(N4CCN(C(C)C)CC4)cc3)nc21. The zero-order chi connectivity index (χ0) is 28.5. The van der Waals surface area contributed by atoms with Gasteiger partial charge in [0.05, 0.1) is 0 Å². The predicted molar refractivity (Wildman–Crippen MR) is 170 cm³/mol. The summed E-state index contributed by atoms with van der Waals surface area (Å²) < 4.78 is 1.68. The smallest absolute Gasteiger partial charge is 0.260 e. The fourth-order valence-corrected chi connectivity index (χ4v) is 5.84. The quantitative estimate of drug-likeness (QED) is 0.285. The topological polar surface area (TPSA) is 78.7 Å². The number of rotatable bonds is 7. The maximum atomic E-state index is 13.6. The molecule has 2 aromatic heterocycles. The van der Waals surface area contributed by atoms with Crippen LogP contribution >= 0.6 is 11.6 Å². The van der Waals surface area contributed by atoms with E-state index in [1.165, 1.54) is 5.69 Å². The van der Waals surface area contributed by atoms with Gasteiger partial charge in [-0.15, -0.1) is 0 Å². The van der Waals surface area contributed by atoms with Gasteiger partial charge in [0.15, 0.2) is 0 Å². The highest BCUT2D eigenvalue weighted by molar-refractivity contribution is 6.33. The number of hydrogen-bond acceptors (Lipinski definition) is 7. The van der Waals surface area contributed by atoms with Crippen LogP contribution in [0.4, 0.5) is 17.3 Å². The molecule has 0 atom stereocenters. The maximum absolute atomic E-state index is 13.6. The number of fused-ring (bicyclic) bond motifs is 1. The molecule has 6 rings (SSSR count). The van der Waals surface area contributed by atoms with Crippen molar-refractivity contribution in [3.63, 3.8) is 0 Å². The van der Waals surface area contributed by atoms with Crippen molar-refractivity contribution in [2.75, 3.05) is 36.4 Å². The second-order valence-corrected chi connectivity index (χ2v) is 11.2. The van der Waals surface area contributed by atoms with Gasteiger partial charge in [-0.3, -0.25) is 19.3 Å². The second kappa shape index (κ2) is 11.5. The largest absolute Gasteiger partial charge is 0.369 e. The highest BCUT2D eigenvalue weighted by Gasteiger charge is 2.19. The zero-order valence-electron chi connectivity index (χ0n) is 23.6. The third-order valence-electron chi connectivity index (χ3n) is 7.95. The van der Waals surface area contributed by atoms with Gasteiger partial charge in [-0.2, -0.15) is 4.98 Å². The second-order valence-electron chi connectivity index (χ2n) is 10.8. The molecule has 0 saturated carbocycles. The summed E-state index contributed by atoms with van der Waals surface area (Å²) in [7, 11) is 0. The van der Waals surface area contributed by atoms with E-state index >= 15 is 0 Å². The van der Waals surface area contributed by atoms with Gasteiger partial charge < -0.3 is 10.2 Å². The number of benzene rings is 2. The van der Waals surface area contributed by atoms with Crippen molar-refractivity contribution in [3.8, 4) is 11.1 Å². The fourth-order valence-electron chi connectivity index (χ4n) is 5.56. The molecule has 0 amide bonds. The van der Waals surface area contributed by atoms with E-state index in [1.807, 2.05) is 55.7 Å². The number of hydrogen-bond donors (Lipinski definition) is 1. The monoisotopic (exact) mass is 567 g/mol. The molecule has 4 heterocycles. The normalized spacial score (nSPS) is 15.6. The molecule has 41 heavy (non-hydrogen) atoms. The number of nitrogens with zero attached hydrogens (tertiary/aromatic N) is 6. The number of allylic oxidation sites excluding steroid dienone is 1. The first kappa shape index (κ1) is 27.2. The zero-order valence-corrected chi connectivity index (χ0v) is 24.4. The number of aromatic nitrogens is 3. The minimum Gasteiger partial charge on any atom is -0.369 e.